The minimum atomic E-state index is 0.356. The molecule has 0 aromatic heterocycles. The van der Waals surface area contributed by atoms with E-state index in [4.69, 9.17) is 29.0 Å². The van der Waals surface area contributed by atoms with Gasteiger partial charge in [0.2, 0.25) is 0 Å². The van der Waals surface area contributed by atoms with Crippen LogP contribution in [-0.2, 0) is 0 Å². The Hall–Kier alpha value is -0.510. The quantitative estimate of drug-likeness (QED) is 0.545. The van der Waals surface area contributed by atoms with Crippen LogP contribution in [0.25, 0.3) is 0 Å². The number of nitrogens with two attached hydrogens (primary N) is 1. The number of hydrogen-bond acceptors (Lipinski definition) is 3. The van der Waals surface area contributed by atoms with Crippen LogP contribution in [0.4, 0.5) is 0 Å². The molecule has 0 aromatic carbocycles. The van der Waals surface area contributed by atoms with Gasteiger partial charge in [-0.25, -0.2) is 10.8 Å². The second-order valence-electron chi connectivity index (χ2n) is 2.73. The predicted molar refractivity (Wildman–Crippen MR) is 56.2 cm³/mol. The molecule has 0 saturated heterocycles. The zero-order chi connectivity index (χ0) is 10.0. The Morgan fingerprint density at radius 3 is 2.77 bits per heavy atom. The second-order valence-corrected chi connectivity index (χ2v) is 3.50. The Morgan fingerprint density at radius 2 is 2.23 bits per heavy atom. The van der Waals surface area contributed by atoms with E-state index in [1.54, 1.807) is 0 Å². The van der Waals surface area contributed by atoms with E-state index in [0.29, 0.717) is 16.1 Å². The number of hydrogen-bond donors (Lipinski definition) is 1. The van der Waals surface area contributed by atoms with E-state index in [0.717, 1.165) is 12.0 Å². The summed E-state index contributed by atoms with van der Waals surface area (Å²) in [7, 11) is 0. The molecular weight excluding hydrogens is 209 g/mol. The fourth-order valence-corrected chi connectivity index (χ4v) is 1.34. The summed E-state index contributed by atoms with van der Waals surface area (Å²) in [5, 5.41) is 2.06. The minimum absolute atomic E-state index is 0.356. The molecular formula is C8H11Cl2N3. The van der Waals surface area contributed by atoms with Gasteiger partial charge in [-0.3, -0.25) is 5.01 Å². The fourth-order valence-electron chi connectivity index (χ4n) is 0.915. The van der Waals surface area contributed by atoms with Crippen molar-refractivity contribution in [3.63, 3.8) is 0 Å². The summed E-state index contributed by atoms with van der Waals surface area (Å²) in [6, 6.07) is 0. The van der Waals surface area contributed by atoms with Gasteiger partial charge in [0, 0.05) is 6.08 Å². The first-order valence-electron chi connectivity index (χ1n) is 3.92. The monoisotopic (exact) mass is 219 g/mol. The van der Waals surface area contributed by atoms with Crippen molar-refractivity contribution in [2.24, 2.45) is 10.8 Å². The van der Waals surface area contributed by atoms with Crippen molar-refractivity contribution in [2.45, 2.75) is 20.3 Å². The third-order valence-corrected chi connectivity index (χ3v) is 2.31. The van der Waals surface area contributed by atoms with Crippen molar-refractivity contribution in [1.82, 2.24) is 5.01 Å². The van der Waals surface area contributed by atoms with Gasteiger partial charge >= 0.3 is 0 Å². The molecule has 1 aliphatic rings. The second kappa shape index (κ2) is 4.13. The highest BCUT2D eigenvalue weighted by atomic mass is 35.5. The molecule has 3 nitrogen and oxygen atoms in total. The maximum absolute atomic E-state index is 5.82. The molecule has 1 heterocycles. The molecule has 0 fully saturated rings. The molecule has 13 heavy (non-hydrogen) atoms. The molecule has 0 spiro atoms. The zero-order valence-electron chi connectivity index (χ0n) is 7.51. The molecule has 1 rings (SSSR count). The topological polar surface area (TPSA) is 41.6 Å². The van der Waals surface area contributed by atoms with Crippen LogP contribution in [0, 0.1) is 0 Å². The van der Waals surface area contributed by atoms with Gasteiger partial charge in [-0.2, -0.15) is 0 Å². The number of allylic oxidation sites excluding steroid dienone is 2. The highest BCUT2D eigenvalue weighted by molar-refractivity contribution is 6.69. The van der Waals surface area contributed by atoms with E-state index in [1.807, 2.05) is 13.8 Å². The third-order valence-electron chi connectivity index (χ3n) is 1.82. The van der Waals surface area contributed by atoms with Crippen molar-refractivity contribution < 1.29 is 0 Å². The van der Waals surface area contributed by atoms with E-state index in [2.05, 4.69) is 4.99 Å². The average Bonchev–Trinajstić information content (AvgIpc) is 2.10. The molecule has 72 valence electrons. The molecule has 0 saturated carbocycles. The SMILES string of the molecule is CC/C(C)=C1\N=C(Cl)C=C(Cl)N1N. The Kier molecular flexibility index (Phi) is 3.36. The van der Waals surface area contributed by atoms with Crippen molar-refractivity contribution >= 4 is 28.4 Å². The van der Waals surface area contributed by atoms with Gasteiger partial charge in [0.25, 0.3) is 0 Å². The number of hydrazine groups is 1. The summed E-state index contributed by atoms with van der Waals surface area (Å²) < 4.78 is 0. The Balaban J connectivity index is 3.10. The summed E-state index contributed by atoms with van der Waals surface area (Å²) in [4.78, 5) is 4.09. The first-order chi connectivity index (χ1) is 6.06. The third kappa shape index (κ3) is 2.24. The van der Waals surface area contributed by atoms with E-state index < -0.39 is 0 Å². The molecule has 5 heteroatoms. The summed E-state index contributed by atoms with van der Waals surface area (Å²) in [6.45, 7) is 3.96. The van der Waals surface area contributed by atoms with Gasteiger partial charge in [-0.05, 0) is 18.9 Å². The van der Waals surface area contributed by atoms with Crippen molar-refractivity contribution in [2.75, 3.05) is 0 Å². The van der Waals surface area contributed by atoms with E-state index in [-0.39, 0.29) is 0 Å². The van der Waals surface area contributed by atoms with E-state index >= 15 is 0 Å². The van der Waals surface area contributed by atoms with E-state index in [9.17, 15) is 0 Å². The van der Waals surface area contributed by atoms with Crippen LogP contribution >= 0.6 is 23.2 Å². The lowest BCUT2D eigenvalue weighted by molar-refractivity contribution is 0.461. The van der Waals surface area contributed by atoms with Gasteiger partial charge in [-0.15, -0.1) is 0 Å². The standard InChI is InChI=1S/C8H11Cl2N3/c1-3-5(2)8-12-6(9)4-7(10)13(8)11/h4H,3,11H2,1-2H3/b8-5+. The Labute approximate surface area is 87.5 Å². The molecule has 0 aliphatic carbocycles. The lowest BCUT2D eigenvalue weighted by atomic mass is 10.2. The average molecular weight is 220 g/mol. The van der Waals surface area contributed by atoms with Crippen LogP contribution in [0.2, 0.25) is 0 Å². The highest BCUT2D eigenvalue weighted by Crippen LogP contribution is 2.23. The molecule has 0 amide bonds. The number of nitrogens with zero attached hydrogens (tertiary/aromatic N) is 2. The zero-order valence-corrected chi connectivity index (χ0v) is 9.02. The molecule has 1 aliphatic heterocycles. The van der Waals surface area contributed by atoms with Gasteiger partial charge in [-0.1, -0.05) is 30.1 Å². The summed E-state index contributed by atoms with van der Waals surface area (Å²) in [6.07, 6.45) is 2.37. The van der Waals surface area contributed by atoms with Crippen LogP contribution in [0.1, 0.15) is 20.3 Å². The van der Waals surface area contributed by atoms with Crippen LogP contribution in [0.3, 0.4) is 0 Å². The van der Waals surface area contributed by atoms with Gasteiger partial charge < -0.3 is 0 Å². The fraction of sp³-hybridized carbons (Fsp3) is 0.375. The summed E-state index contributed by atoms with van der Waals surface area (Å²) >= 11 is 11.6. The van der Waals surface area contributed by atoms with Crippen molar-refractivity contribution in [1.29, 1.82) is 0 Å². The summed E-state index contributed by atoms with van der Waals surface area (Å²) in [5.74, 6) is 6.30. The lowest BCUT2D eigenvalue weighted by Crippen LogP contribution is -2.30. The highest BCUT2D eigenvalue weighted by Gasteiger charge is 2.16. The first-order valence-corrected chi connectivity index (χ1v) is 4.67. The first kappa shape index (κ1) is 10.6. The molecule has 0 unspecified atom stereocenters. The Bertz CT molecular complexity index is 305. The smallest absolute Gasteiger partial charge is 0.148 e. The molecule has 0 aromatic rings. The molecule has 0 radical (unpaired) electrons. The van der Waals surface area contributed by atoms with Crippen LogP contribution in [0.15, 0.2) is 27.6 Å². The maximum Gasteiger partial charge on any atom is 0.148 e. The number of aliphatic imine (C=N–C) groups is 1. The van der Waals surface area contributed by atoms with Gasteiger partial charge in [0.1, 0.15) is 16.1 Å². The van der Waals surface area contributed by atoms with Gasteiger partial charge in [0.15, 0.2) is 0 Å². The maximum atomic E-state index is 5.82. The summed E-state index contributed by atoms with van der Waals surface area (Å²) in [5.41, 5.74) is 1.05. The molecule has 0 atom stereocenters. The van der Waals surface area contributed by atoms with Crippen LogP contribution in [-0.4, -0.2) is 10.2 Å². The molecule has 0 bridgehead atoms. The van der Waals surface area contributed by atoms with Crippen LogP contribution in [0.5, 0.6) is 0 Å². The van der Waals surface area contributed by atoms with Gasteiger partial charge in [0.05, 0.1) is 0 Å². The van der Waals surface area contributed by atoms with Crippen molar-refractivity contribution in [3.05, 3.63) is 22.6 Å². The predicted octanol–water partition coefficient (Wildman–Crippen LogP) is 2.53. The van der Waals surface area contributed by atoms with Crippen molar-refractivity contribution in [3.8, 4) is 0 Å². The number of rotatable bonds is 1. The Morgan fingerprint density at radius 1 is 1.62 bits per heavy atom. The largest absolute Gasteiger partial charge is 0.251 e. The molecule has 2 N–H and O–H groups in total. The normalized spacial score (nSPS) is 21.2. The van der Waals surface area contributed by atoms with E-state index in [1.165, 1.54) is 11.1 Å². The minimum Gasteiger partial charge on any atom is -0.251 e. The van der Waals surface area contributed by atoms with Crippen LogP contribution < -0.4 is 5.84 Å². The lowest BCUT2D eigenvalue weighted by Gasteiger charge is -2.22. The number of halogens is 2.